The summed E-state index contributed by atoms with van der Waals surface area (Å²) in [5.41, 5.74) is 6.38. The first-order valence-electron chi connectivity index (χ1n) is 6.72. The number of anilines is 1. The molecule has 1 atom stereocenters. The molecule has 0 unspecified atom stereocenters. The number of nitrogens with two attached hydrogens (primary N) is 1. The highest BCUT2D eigenvalue weighted by Gasteiger charge is 2.18. The van der Waals surface area contributed by atoms with E-state index in [9.17, 15) is 9.18 Å². The maximum absolute atomic E-state index is 13.6. The molecule has 2 aromatic rings. The number of benzene rings is 1. The third-order valence-corrected chi connectivity index (χ3v) is 4.04. The highest BCUT2D eigenvalue weighted by Crippen LogP contribution is 2.22. The first-order chi connectivity index (χ1) is 9.97. The lowest BCUT2D eigenvalue weighted by Crippen LogP contribution is -2.39. The molecule has 4 nitrogen and oxygen atoms in total. The van der Waals surface area contributed by atoms with Gasteiger partial charge in [-0.15, -0.1) is 11.3 Å². The smallest absolute Gasteiger partial charge is 0.243 e. The molecule has 0 fully saturated rings. The molecule has 6 heteroatoms. The summed E-state index contributed by atoms with van der Waals surface area (Å²) < 4.78 is 13.6. The van der Waals surface area contributed by atoms with Crippen molar-refractivity contribution in [1.82, 2.24) is 4.98 Å². The van der Waals surface area contributed by atoms with Crippen molar-refractivity contribution in [2.45, 2.75) is 26.3 Å². The number of nitrogens with one attached hydrogen (secondary N) is 1. The molecule has 2 rings (SSSR count). The fourth-order valence-electron chi connectivity index (χ4n) is 1.77. The van der Waals surface area contributed by atoms with Crippen molar-refractivity contribution in [1.29, 1.82) is 0 Å². The largest absolute Gasteiger partial charge is 0.320 e. The van der Waals surface area contributed by atoms with Crippen LogP contribution in [-0.4, -0.2) is 16.9 Å². The van der Waals surface area contributed by atoms with E-state index in [0.717, 1.165) is 4.88 Å². The van der Waals surface area contributed by atoms with E-state index in [0.29, 0.717) is 17.1 Å². The molecular weight excluding hydrogens is 289 g/mol. The van der Waals surface area contributed by atoms with Crippen LogP contribution in [0.2, 0.25) is 0 Å². The van der Waals surface area contributed by atoms with Crippen LogP contribution < -0.4 is 11.1 Å². The van der Waals surface area contributed by atoms with E-state index < -0.39 is 6.04 Å². The summed E-state index contributed by atoms with van der Waals surface area (Å²) in [6.07, 6.45) is 2.10. The van der Waals surface area contributed by atoms with Gasteiger partial charge in [-0.3, -0.25) is 4.79 Å². The van der Waals surface area contributed by atoms with E-state index in [1.54, 1.807) is 24.4 Å². The fraction of sp³-hybridized carbons (Fsp3) is 0.333. The second-order valence-electron chi connectivity index (χ2n) is 5.16. The molecule has 1 amide bonds. The normalized spacial score (nSPS) is 12.4. The van der Waals surface area contributed by atoms with Crippen LogP contribution in [0.4, 0.5) is 9.52 Å². The summed E-state index contributed by atoms with van der Waals surface area (Å²) in [5, 5.41) is 3.18. The zero-order valence-electron chi connectivity index (χ0n) is 12.0. The molecule has 21 heavy (non-hydrogen) atoms. The zero-order valence-corrected chi connectivity index (χ0v) is 12.8. The molecule has 1 aromatic carbocycles. The average Bonchev–Trinajstić information content (AvgIpc) is 2.87. The van der Waals surface area contributed by atoms with Crippen LogP contribution in [0.15, 0.2) is 30.5 Å². The Morgan fingerprint density at radius 2 is 2.14 bits per heavy atom. The minimum Gasteiger partial charge on any atom is -0.320 e. The van der Waals surface area contributed by atoms with Crippen molar-refractivity contribution in [3.63, 3.8) is 0 Å². The van der Waals surface area contributed by atoms with Crippen LogP contribution in [-0.2, 0) is 11.2 Å². The monoisotopic (exact) mass is 307 g/mol. The highest BCUT2D eigenvalue weighted by atomic mass is 32.1. The number of nitrogens with zero attached hydrogens (tertiary/aromatic N) is 1. The molecule has 0 saturated carbocycles. The van der Waals surface area contributed by atoms with Crippen molar-refractivity contribution < 1.29 is 9.18 Å². The Balaban J connectivity index is 2.02. The van der Waals surface area contributed by atoms with E-state index >= 15 is 0 Å². The van der Waals surface area contributed by atoms with Crippen molar-refractivity contribution in [3.05, 3.63) is 46.7 Å². The van der Waals surface area contributed by atoms with Gasteiger partial charge >= 0.3 is 0 Å². The fourth-order valence-corrected chi connectivity index (χ4v) is 2.61. The number of hydrogen-bond acceptors (Lipinski definition) is 4. The molecule has 0 aliphatic heterocycles. The van der Waals surface area contributed by atoms with Crippen molar-refractivity contribution >= 4 is 22.4 Å². The topological polar surface area (TPSA) is 68.0 Å². The average molecular weight is 307 g/mol. The molecule has 112 valence electrons. The molecule has 0 spiro atoms. The highest BCUT2D eigenvalue weighted by molar-refractivity contribution is 7.15. The molecule has 0 saturated heterocycles. The van der Waals surface area contributed by atoms with E-state index in [2.05, 4.69) is 10.3 Å². The number of aromatic nitrogens is 1. The van der Waals surface area contributed by atoms with E-state index in [1.807, 2.05) is 13.8 Å². The van der Waals surface area contributed by atoms with E-state index in [1.165, 1.54) is 17.4 Å². The second-order valence-corrected chi connectivity index (χ2v) is 6.27. The zero-order chi connectivity index (χ0) is 15.4. The molecular formula is C15H18FN3OS. The summed E-state index contributed by atoms with van der Waals surface area (Å²) in [7, 11) is 0. The maximum atomic E-state index is 13.6. The lowest BCUT2D eigenvalue weighted by molar-refractivity contribution is -0.118. The Labute approximate surface area is 127 Å². The summed E-state index contributed by atoms with van der Waals surface area (Å²) in [4.78, 5) is 16.9. The van der Waals surface area contributed by atoms with E-state index in [4.69, 9.17) is 5.73 Å². The minimum absolute atomic E-state index is 0.0582. The summed E-state index contributed by atoms with van der Waals surface area (Å²) in [6.45, 7) is 3.77. The van der Waals surface area contributed by atoms with Crippen molar-refractivity contribution in [3.8, 4) is 0 Å². The number of thiazole rings is 1. The molecule has 1 aromatic heterocycles. The van der Waals surface area contributed by atoms with Gasteiger partial charge in [0.2, 0.25) is 5.91 Å². The number of hydrogen-bond donors (Lipinski definition) is 2. The van der Waals surface area contributed by atoms with Gasteiger partial charge in [-0.2, -0.15) is 0 Å². The number of carbonyl (C=O) groups excluding carboxylic acids is 1. The molecule has 3 N–H and O–H groups in total. The Morgan fingerprint density at radius 1 is 1.43 bits per heavy atom. The van der Waals surface area contributed by atoms with Crippen molar-refractivity contribution in [2.75, 3.05) is 5.32 Å². The number of amides is 1. The Hall–Kier alpha value is -1.79. The first-order valence-corrected chi connectivity index (χ1v) is 7.53. The van der Waals surface area contributed by atoms with Gasteiger partial charge in [-0.05, 0) is 17.5 Å². The third-order valence-electron chi connectivity index (χ3n) is 3.13. The summed E-state index contributed by atoms with van der Waals surface area (Å²) in [5.74, 6) is -0.432. The summed E-state index contributed by atoms with van der Waals surface area (Å²) in [6, 6.07) is 6.06. The van der Waals surface area contributed by atoms with Gasteiger partial charge in [0, 0.05) is 17.5 Å². The Kier molecular flexibility index (Phi) is 5.03. The van der Waals surface area contributed by atoms with Gasteiger partial charge in [0.15, 0.2) is 5.13 Å². The second kappa shape index (κ2) is 6.78. The number of carbonyl (C=O) groups is 1. The molecule has 0 aliphatic carbocycles. The number of halogens is 1. The predicted molar refractivity (Wildman–Crippen MR) is 82.8 cm³/mol. The quantitative estimate of drug-likeness (QED) is 0.892. The van der Waals surface area contributed by atoms with Crippen LogP contribution >= 0.6 is 11.3 Å². The van der Waals surface area contributed by atoms with Crippen LogP contribution in [0.5, 0.6) is 0 Å². The lowest BCUT2D eigenvalue weighted by Gasteiger charge is -2.13. The van der Waals surface area contributed by atoms with Gasteiger partial charge in [0.05, 0.1) is 6.04 Å². The van der Waals surface area contributed by atoms with Crippen LogP contribution in [0.3, 0.4) is 0 Å². The van der Waals surface area contributed by atoms with Gasteiger partial charge < -0.3 is 11.1 Å². The molecule has 1 heterocycles. The van der Waals surface area contributed by atoms with Gasteiger partial charge in [-0.25, -0.2) is 9.37 Å². The lowest BCUT2D eigenvalue weighted by atomic mass is 10.1. The maximum Gasteiger partial charge on any atom is 0.243 e. The van der Waals surface area contributed by atoms with Crippen molar-refractivity contribution in [2.24, 2.45) is 11.7 Å². The SMILES string of the molecule is CC(C)[C@H](N)C(=O)Nc1ncc(Cc2ccccc2F)s1. The van der Waals surface area contributed by atoms with Gasteiger partial charge in [-0.1, -0.05) is 32.0 Å². The first kappa shape index (κ1) is 15.6. The van der Waals surface area contributed by atoms with Gasteiger partial charge in [0.25, 0.3) is 0 Å². The number of rotatable bonds is 5. The Bertz CT molecular complexity index is 627. The van der Waals surface area contributed by atoms with E-state index in [-0.39, 0.29) is 17.6 Å². The Morgan fingerprint density at radius 3 is 2.81 bits per heavy atom. The predicted octanol–water partition coefficient (Wildman–Crippen LogP) is 2.79. The van der Waals surface area contributed by atoms with Crippen LogP contribution in [0.25, 0.3) is 0 Å². The van der Waals surface area contributed by atoms with Crippen LogP contribution in [0, 0.1) is 11.7 Å². The summed E-state index contributed by atoms with van der Waals surface area (Å²) >= 11 is 1.33. The molecule has 0 bridgehead atoms. The van der Waals surface area contributed by atoms with Gasteiger partial charge in [0.1, 0.15) is 5.82 Å². The standard InChI is InChI=1S/C15H18FN3OS/c1-9(2)13(17)14(20)19-15-18-8-11(21-15)7-10-5-3-4-6-12(10)16/h3-6,8-9,13H,7,17H2,1-2H3,(H,18,19,20)/t13-/m0/s1. The third kappa shape index (κ3) is 4.09. The minimum atomic E-state index is -0.566. The molecule has 0 radical (unpaired) electrons. The molecule has 0 aliphatic rings. The van der Waals surface area contributed by atoms with Crippen LogP contribution in [0.1, 0.15) is 24.3 Å².